The lowest BCUT2D eigenvalue weighted by Gasteiger charge is -2.30. The van der Waals surface area contributed by atoms with Crippen molar-refractivity contribution in [3.8, 4) is 0 Å². The first-order valence-corrected chi connectivity index (χ1v) is 10.1. The highest BCUT2D eigenvalue weighted by molar-refractivity contribution is 7.98. The second kappa shape index (κ2) is 8.43. The van der Waals surface area contributed by atoms with Crippen LogP contribution in [0.4, 0.5) is 0 Å². The molecule has 6 heteroatoms. The van der Waals surface area contributed by atoms with Crippen LogP contribution in [0.15, 0.2) is 41.6 Å². The molecule has 0 unspecified atom stereocenters. The number of thioether (sulfide) groups is 1. The number of piperidine rings is 1. The fourth-order valence-corrected chi connectivity index (χ4v) is 4.46. The zero-order valence-electron chi connectivity index (χ0n) is 14.0. The van der Waals surface area contributed by atoms with Crippen molar-refractivity contribution in [3.05, 3.63) is 57.8 Å². The number of amides is 1. The van der Waals surface area contributed by atoms with Crippen molar-refractivity contribution in [3.63, 3.8) is 0 Å². The molecule has 1 saturated heterocycles. The van der Waals surface area contributed by atoms with Crippen molar-refractivity contribution in [2.45, 2.75) is 30.4 Å². The summed E-state index contributed by atoms with van der Waals surface area (Å²) >= 11 is 14.0. The molecule has 0 saturated carbocycles. The second-order valence-corrected chi connectivity index (χ2v) is 8.20. The fraction of sp³-hybridized carbons (Fsp3) is 0.368. The molecule has 0 atom stereocenters. The van der Waals surface area contributed by atoms with E-state index in [1.807, 2.05) is 29.2 Å². The van der Waals surface area contributed by atoms with Gasteiger partial charge in [-0.25, -0.2) is 0 Å². The predicted molar refractivity (Wildman–Crippen MR) is 105 cm³/mol. The van der Waals surface area contributed by atoms with Gasteiger partial charge in [-0.15, -0.1) is 11.8 Å². The van der Waals surface area contributed by atoms with E-state index in [2.05, 4.69) is 11.9 Å². The number of carbonyl (C=O) groups is 1. The highest BCUT2D eigenvalue weighted by Gasteiger charge is 2.21. The van der Waals surface area contributed by atoms with Crippen LogP contribution in [0.3, 0.4) is 0 Å². The minimum Gasteiger partial charge on any atom is -0.339 e. The second-order valence-electron chi connectivity index (χ2n) is 6.40. The number of rotatable bonds is 4. The summed E-state index contributed by atoms with van der Waals surface area (Å²) in [6.07, 6.45) is 5.57. The number of nitrogens with zero attached hydrogens (tertiary/aromatic N) is 2. The lowest BCUT2D eigenvalue weighted by molar-refractivity contribution is 0.0696. The van der Waals surface area contributed by atoms with Crippen LogP contribution < -0.4 is 0 Å². The highest BCUT2D eigenvalue weighted by atomic mass is 35.5. The van der Waals surface area contributed by atoms with Gasteiger partial charge in [-0.05, 0) is 42.5 Å². The van der Waals surface area contributed by atoms with E-state index in [4.69, 9.17) is 23.2 Å². The lowest BCUT2D eigenvalue weighted by Crippen LogP contribution is -2.37. The summed E-state index contributed by atoms with van der Waals surface area (Å²) in [4.78, 5) is 19.7. The first kappa shape index (κ1) is 18.6. The number of hydrogen-bond donors (Lipinski definition) is 0. The summed E-state index contributed by atoms with van der Waals surface area (Å²) in [6.45, 7) is 3.89. The van der Waals surface area contributed by atoms with Gasteiger partial charge < -0.3 is 4.90 Å². The van der Waals surface area contributed by atoms with E-state index >= 15 is 0 Å². The maximum atomic E-state index is 12.7. The molecule has 1 aliphatic rings. The Labute approximate surface area is 162 Å². The topological polar surface area (TPSA) is 33.2 Å². The zero-order chi connectivity index (χ0) is 17.8. The molecule has 0 spiro atoms. The molecule has 25 heavy (non-hydrogen) atoms. The summed E-state index contributed by atoms with van der Waals surface area (Å²) in [6, 6.07) is 7.40. The third-order valence-electron chi connectivity index (χ3n) is 4.41. The Hall–Kier alpha value is -1.23. The number of benzene rings is 1. The SMILES string of the molecule is CC1CCN(C(=O)c2cncc(CSc3c(Cl)cccc3Cl)c2)CC1. The molecule has 132 valence electrons. The quantitative estimate of drug-likeness (QED) is 0.636. The van der Waals surface area contributed by atoms with E-state index in [-0.39, 0.29) is 5.91 Å². The summed E-state index contributed by atoms with van der Waals surface area (Å²) in [7, 11) is 0. The van der Waals surface area contributed by atoms with Gasteiger partial charge in [-0.1, -0.05) is 36.2 Å². The van der Waals surface area contributed by atoms with E-state index in [0.717, 1.165) is 36.4 Å². The minimum absolute atomic E-state index is 0.0713. The van der Waals surface area contributed by atoms with E-state index in [1.54, 1.807) is 24.2 Å². The minimum atomic E-state index is 0.0713. The molecule has 2 heterocycles. The smallest absolute Gasteiger partial charge is 0.255 e. The molecule has 1 aromatic heterocycles. The van der Waals surface area contributed by atoms with Crippen molar-refractivity contribution in [2.75, 3.05) is 13.1 Å². The molecule has 1 aliphatic heterocycles. The van der Waals surface area contributed by atoms with E-state index in [1.165, 1.54) is 0 Å². The standard InChI is InChI=1S/C19H20Cl2N2OS/c1-13-5-7-23(8-6-13)19(24)15-9-14(10-22-11-15)12-25-18-16(20)3-2-4-17(18)21/h2-4,9-11,13H,5-8,12H2,1H3. The Morgan fingerprint density at radius 1 is 1.24 bits per heavy atom. The van der Waals surface area contributed by atoms with Gasteiger partial charge >= 0.3 is 0 Å². The molecular weight excluding hydrogens is 375 g/mol. The molecule has 2 aromatic rings. The van der Waals surface area contributed by atoms with Crippen molar-refractivity contribution in [2.24, 2.45) is 5.92 Å². The lowest BCUT2D eigenvalue weighted by atomic mass is 9.99. The van der Waals surface area contributed by atoms with E-state index in [0.29, 0.717) is 27.3 Å². The van der Waals surface area contributed by atoms with Crippen LogP contribution in [0.25, 0.3) is 0 Å². The Morgan fingerprint density at radius 2 is 1.92 bits per heavy atom. The molecule has 1 fully saturated rings. The number of pyridine rings is 1. The number of aromatic nitrogens is 1. The van der Waals surface area contributed by atoms with Crippen LogP contribution in [0.2, 0.25) is 10.0 Å². The number of halogens is 2. The summed E-state index contributed by atoms with van der Waals surface area (Å²) in [5, 5.41) is 1.28. The summed E-state index contributed by atoms with van der Waals surface area (Å²) in [5.74, 6) is 1.43. The molecule has 1 aromatic carbocycles. The van der Waals surface area contributed by atoms with Gasteiger partial charge in [-0.2, -0.15) is 0 Å². The van der Waals surface area contributed by atoms with Crippen LogP contribution in [0.5, 0.6) is 0 Å². The molecule has 3 nitrogen and oxygen atoms in total. The third kappa shape index (κ3) is 4.69. The van der Waals surface area contributed by atoms with Crippen molar-refractivity contribution >= 4 is 40.9 Å². The molecular formula is C19H20Cl2N2OS. The van der Waals surface area contributed by atoms with Crippen LogP contribution >= 0.6 is 35.0 Å². The zero-order valence-corrected chi connectivity index (χ0v) is 16.4. The first-order chi connectivity index (χ1) is 12.0. The van der Waals surface area contributed by atoms with Gasteiger partial charge in [0.05, 0.1) is 15.6 Å². The van der Waals surface area contributed by atoms with Gasteiger partial charge in [0.15, 0.2) is 0 Å². The number of hydrogen-bond acceptors (Lipinski definition) is 3. The van der Waals surface area contributed by atoms with Gasteiger partial charge in [0.1, 0.15) is 0 Å². The average molecular weight is 395 g/mol. The maximum absolute atomic E-state index is 12.7. The number of carbonyl (C=O) groups excluding carboxylic acids is 1. The van der Waals surface area contributed by atoms with Crippen LogP contribution in [-0.4, -0.2) is 28.9 Å². The largest absolute Gasteiger partial charge is 0.339 e. The van der Waals surface area contributed by atoms with E-state index in [9.17, 15) is 4.79 Å². The molecule has 3 rings (SSSR count). The Bertz CT molecular complexity index is 741. The van der Waals surface area contributed by atoms with Crippen molar-refractivity contribution < 1.29 is 4.79 Å². The monoisotopic (exact) mass is 394 g/mol. The Balaban J connectivity index is 1.68. The van der Waals surface area contributed by atoms with Crippen LogP contribution in [-0.2, 0) is 5.75 Å². The molecule has 0 aliphatic carbocycles. The van der Waals surface area contributed by atoms with Gasteiger partial charge in [0.2, 0.25) is 0 Å². The maximum Gasteiger partial charge on any atom is 0.255 e. The van der Waals surface area contributed by atoms with Crippen LogP contribution in [0, 0.1) is 5.92 Å². The molecule has 0 bridgehead atoms. The van der Waals surface area contributed by atoms with E-state index < -0.39 is 0 Å². The first-order valence-electron chi connectivity index (χ1n) is 8.34. The predicted octanol–water partition coefficient (Wildman–Crippen LogP) is 5.55. The van der Waals surface area contributed by atoms with Gasteiger partial charge in [0.25, 0.3) is 5.91 Å². The summed E-state index contributed by atoms with van der Waals surface area (Å²) in [5.41, 5.74) is 1.63. The molecule has 1 amide bonds. The van der Waals surface area contributed by atoms with Gasteiger partial charge in [0, 0.05) is 36.1 Å². The fourth-order valence-electron chi connectivity index (χ4n) is 2.85. The van der Waals surface area contributed by atoms with Crippen molar-refractivity contribution in [1.82, 2.24) is 9.88 Å². The average Bonchev–Trinajstić information content (AvgIpc) is 2.62. The third-order valence-corrected chi connectivity index (χ3v) is 6.48. The van der Waals surface area contributed by atoms with Crippen molar-refractivity contribution in [1.29, 1.82) is 0 Å². The molecule has 0 radical (unpaired) electrons. The number of likely N-dealkylation sites (tertiary alicyclic amines) is 1. The Morgan fingerprint density at radius 3 is 2.60 bits per heavy atom. The Kier molecular flexibility index (Phi) is 6.26. The highest BCUT2D eigenvalue weighted by Crippen LogP contribution is 2.35. The van der Waals surface area contributed by atoms with Gasteiger partial charge in [-0.3, -0.25) is 9.78 Å². The normalized spacial score (nSPS) is 15.4. The molecule has 0 N–H and O–H groups in total. The summed E-state index contributed by atoms with van der Waals surface area (Å²) < 4.78 is 0. The van der Waals surface area contributed by atoms with Crippen LogP contribution in [0.1, 0.15) is 35.7 Å².